The van der Waals surface area contributed by atoms with Crippen LogP contribution >= 0.6 is 44.3 Å². The van der Waals surface area contributed by atoms with Gasteiger partial charge in [-0.15, -0.1) is 12.4 Å². The van der Waals surface area contributed by atoms with Gasteiger partial charge in [-0.1, -0.05) is 31.9 Å². The topological polar surface area (TPSA) is 46.2 Å². The van der Waals surface area contributed by atoms with Gasteiger partial charge in [0.15, 0.2) is 0 Å². The summed E-state index contributed by atoms with van der Waals surface area (Å²) in [6, 6.07) is 3.29. The molecule has 0 saturated heterocycles. The molecule has 0 bridgehead atoms. The van der Waals surface area contributed by atoms with E-state index in [-0.39, 0.29) is 18.0 Å². The first-order valence-corrected chi connectivity index (χ1v) is 5.66. The smallest absolute Gasteiger partial charge is 0.289 e. The fourth-order valence-corrected chi connectivity index (χ4v) is 1.95. The molecule has 1 aromatic rings. The lowest BCUT2D eigenvalue weighted by Gasteiger charge is -2.22. The Kier molecular flexibility index (Phi) is 6.35. The molecule has 7 heteroatoms. The zero-order chi connectivity index (χ0) is 11.6. The molecule has 1 aromatic carbocycles. The summed E-state index contributed by atoms with van der Waals surface area (Å²) in [6.07, 6.45) is 0. The predicted molar refractivity (Wildman–Crippen MR) is 68.1 cm³/mol. The van der Waals surface area contributed by atoms with Gasteiger partial charge < -0.3 is 10.8 Å². The van der Waals surface area contributed by atoms with Gasteiger partial charge in [0.1, 0.15) is 6.61 Å². The van der Waals surface area contributed by atoms with Gasteiger partial charge in [-0.2, -0.15) is 0 Å². The molecule has 0 aliphatic carbocycles. The van der Waals surface area contributed by atoms with Crippen molar-refractivity contribution >= 4 is 44.3 Å². The number of aliphatic hydroxyl groups excluding tert-OH is 1. The van der Waals surface area contributed by atoms with Gasteiger partial charge in [-0.25, -0.2) is 8.78 Å². The summed E-state index contributed by atoms with van der Waals surface area (Å²) in [6.45, 7) is -1.27. The molecule has 3 N–H and O–H groups in total. The van der Waals surface area contributed by atoms with E-state index in [9.17, 15) is 8.78 Å². The lowest BCUT2D eigenvalue weighted by Crippen LogP contribution is -2.36. The minimum atomic E-state index is -3.33. The number of halogens is 5. The van der Waals surface area contributed by atoms with Crippen molar-refractivity contribution in [3.8, 4) is 0 Å². The van der Waals surface area contributed by atoms with Gasteiger partial charge >= 0.3 is 0 Å². The molecule has 0 fully saturated rings. The second-order valence-electron chi connectivity index (χ2n) is 3.06. The number of benzene rings is 1. The summed E-state index contributed by atoms with van der Waals surface area (Å²) in [5.74, 6) is -3.33. The van der Waals surface area contributed by atoms with E-state index in [2.05, 4.69) is 31.9 Å². The third kappa shape index (κ3) is 3.63. The standard InChI is InChI=1S/C9H9Br2F2NO.ClH/c10-5-1-2-7(11)6(3-5)8(14)9(12,13)4-15;/h1-3,8,15H,4,14H2;1H/t8-;/m1./s1. The maximum absolute atomic E-state index is 13.1. The van der Waals surface area contributed by atoms with Crippen molar-refractivity contribution in [2.45, 2.75) is 12.0 Å². The molecule has 2 nitrogen and oxygen atoms in total. The highest BCUT2D eigenvalue weighted by molar-refractivity contribution is 9.11. The molecule has 0 radical (unpaired) electrons. The molecule has 1 rings (SSSR count). The Morgan fingerprint density at radius 2 is 1.94 bits per heavy atom. The van der Waals surface area contributed by atoms with Crippen molar-refractivity contribution < 1.29 is 13.9 Å². The van der Waals surface area contributed by atoms with E-state index in [0.717, 1.165) is 0 Å². The zero-order valence-corrected chi connectivity index (χ0v) is 11.9. The summed E-state index contributed by atoms with van der Waals surface area (Å²) in [4.78, 5) is 0. The van der Waals surface area contributed by atoms with Gasteiger partial charge in [0.2, 0.25) is 0 Å². The largest absolute Gasteiger partial charge is 0.390 e. The van der Waals surface area contributed by atoms with Gasteiger partial charge in [-0.05, 0) is 23.8 Å². The van der Waals surface area contributed by atoms with Crippen LogP contribution in [0.25, 0.3) is 0 Å². The Bertz CT molecular complexity index is 365. The molecule has 16 heavy (non-hydrogen) atoms. The number of hydrogen-bond acceptors (Lipinski definition) is 2. The monoisotopic (exact) mass is 379 g/mol. The highest BCUT2D eigenvalue weighted by Crippen LogP contribution is 2.34. The van der Waals surface area contributed by atoms with E-state index in [1.165, 1.54) is 6.07 Å². The summed E-state index contributed by atoms with van der Waals surface area (Å²) < 4.78 is 27.4. The maximum atomic E-state index is 13.1. The third-order valence-corrected chi connectivity index (χ3v) is 3.17. The quantitative estimate of drug-likeness (QED) is 0.844. The van der Waals surface area contributed by atoms with Crippen LogP contribution in [0.15, 0.2) is 27.1 Å². The minimum Gasteiger partial charge on any atom is -0.390 e. The molecule has 0 aromatic heterocycles. The Morgan fingerprint density at radius 3 is 2.44 bits per heavy atom. The Balaban J connectivity index is 0.00000225. The van der Waals surface area contributed by atoms with Crippen LogP contribution in [0.2, 0.25) is 0 Å². The van der Waals surface area contributed by atoms with Crippen molar-refractivity contribution in [3.63, 3.8) is 0 Å². The van der Waals surface area contributed by atoms with Gasteiger partial charge in [0.05, 0.1) is 6.04 Å². The average molecular weight is 381 g/mol. The first-order valence-electron chi connectivity index (χ1n) is 4.07. The second kappa shape index (κ2) is 6.26. The Morgan fingerprint density at radius 1 is 1.38 bits per heavy atom. The maximum Gasteiger partial charge on any atom is 0.289 e. The third-order valence-electron chi connectivity index (χ3n) is 1.96. The van der Waals surface area contributed by atoms with Crippen LogP contribution in [-0.2, 0) is 0 Å². The van der Waals surface area contributed by atoms with Crippen LogP contribution in [0.3, 0.4) is 0 Å². The molecule has 1 atom stereocenters. The van der Waals surface area contributed by atoms with E-state index < -0.39 is 18.6 Å². The number of hydrogen-bond donors (Lipinski definition) is 2. The van der Waals surface area contributed by atoms with Crippen LogP contribution in [0.4, 0.5) is 8.78 Å². The van der Waals surface area contributed by atoms with Gasteiger partial charge in [0, 0.05) is 8.95 Å². The van der Waals surface area contributed by atoms with Gasteiger partial charge in [-0.3, -0.25) is 0 Å². The zero-order valence-electron chi connectivity index (χ0n) is 7.96. The van der Waals surface area contributed by atoms with Crippen LogP contribution in [0.5, 0.6) is 0 Å². The van der Waals surface area contributed by atoms with E-state index in [1.807, 2.05) is 0 Å². The highest BCUT2D eigenvalue weighted by atomic mass is 79.9. The average Bonchev–Trinajstić information content (AvgIpc) is 2.20. The normalized spacial score (nSPS) is 13.1. The first kappa shape index (κ1) is 16.2. The molecule has 0 spiro atoms. The van der Waals surface area contributed by atoms with Crippen molar-refractivity contribution in [2.75, 3.05) is 6.61 Å². The Hall–Kier alpha value is 0.250. The van der Waals surface area contributed by atoms with Crippen molar-refractivity contribution in [1.82, 2.24) is 0 Å². The van der Waals surface area contributed by atoms with E-state index in [1.54, 1.807) is 12.1 Å². The summed E-state index contributed by atoms with van der Waals surface area (Å²) in [5, 5.41) is 8.53. The molecule has 0 aliphatic heterocycles. The van der Waals surface area contributed by atoms with Crippen LogP contribution in [0, 0.1) is 0 Å². The van der Waals surface area contributed by atoms with Crippen LogP contribution in [-0.4, -0.2) is 17.6 Å². The van der Waals surface area contributed by atoms with Crippen LogP contribution in [0.1, 0.15) is 11.6 Å². The van der Waals surface area contributed by atoms with Gasteiger partial charge in [0.25, 0.3) is 5.92 Å². The van der Waals surface area contributed by atoms with E-state index in [0.29, 0.717) is 8.95 Å². The van der Waals surface area contributed by atoms with E-state index >= 15 is 0 Å². The fourth-order valence-electron chi connectivity index (χ4n) is 1.08. The Labute approximate surface area is 115 Å². The van der Waals surface area contributed by atoms with Crippen molar-refractivity contribution in [1.29, 1.82) is 0 Å². The molecular weight excluding hydrogens is 371 g/mol. The summed E-state index contributed by atoms with van der Waals surface area (Å²) in [5.41, 5.74) is 5.65. The molecule has 0 amide bonds. The van der Waals surface area contributed by atoms with Crippen molar-refractivity contribution in [2.24, 2.45) is 5.73 Å². The first-order chi connectivity index (χ1) is 6.88. The lowest BCUT2D eigenvalue weighted by molar-refractivity contribution is -0.0713. The van der Waals surface area contributed by atoms with E-state index in [4.69, 9.17) is 10.8 Å². The number of aliphatic hydroxyl groups is 1. The summed E-state index contributed by atoms with van der Waals surface area (Å²) >= 11 is 6.31. The fraction of sp³-hybridized carbons (Fsp3) is 0.333. The molecular formula is C9H10Br2ClF2NO. The molecule has 0 aliphatic rings. The number of nitrogens with two attached hydrogens (primary N) is 1. The highest BCUT2D eigenvalue weighted by Gasteiger charge is 2.38. The SMILES string of the molecule is Cl.N[C@H](c1cc(Br)ccc1Br)C(F)(F)CO. The molecule has 0 unspecified atom stereocenters. The lowest BCUT2D eigenvalue weighted by atomic mass is 10.0. The van der Waals surface area contributed by atoms with Crippen LogP contribution < -0.4 is 5.73 Å². The molecule has 0 heterocycles. The van der Waals surface area contributed by atoms with Crippen molar-refractivity contribution in [3.05, 3.63) is 32.7 Å². The second-order valence-corrected chi connectivity index (χ2v) is 4.83. The predicted octanol–water partition coefficient (Wildman–Crippen LogP) is 3.26. The summed E-state index contributed by atoms with van der Waals surface area (Å²) in [7, 11) is 0. The molecule has 0 saturated carbocycles. The number of alkyl halides is 2. The molecule has 92 valence electrons. The minimum absolute atomic E-state index is 0. The number of rotatable bonds is 3.